The molecule has 28 heavy (non-hydrogen) atoms. The molecule has 2 rings (SSSR count). The van der Waals surface area contributed by atoms with Crippen molar-refractivity contribution in [2.24, 2.45) is 5.41 Å². The summed E-state index contributed by atoms with van der Waals surface area (Å²) in [4.78, 5) is 31.6. The molecule has 1 heterocycles. The number of nitrogens with zero attached hydrogens (tertiary/aromatic N) is 2. The van der Waals surface area contributed by atoms with Gasteiger partial charge in [0.05, 0.1) is 0 Å². The zero-order valence-corrected chi connectivity index (χ0v) is 17.4. The van der Waals surface area contributed by atoms with Gasteiger partial charge in [-0.25, -0.2) is 0 Å². The molecule has 6 heteroatoms. The molecule has 0 aliphatic rings. The average molecular weight is 383 g/mol. The van der Waals surface area contributed by atoms with E-state index in [4.69, 9.17) is 0 Å². The van der Waals surface area contributed by atoms with Crippen molar-refractivity contribution < 1.29 is 9.59 Å². The van der Waals surface area contributed by atoms with E-state index < -0.39 is 5.41 Å². The summed E-state index contributed by atoms with van der Waals surface area (Å²) in [5.74, 6) is -0.666. The summed E-state index contributed by atoms with van der Waals surface area (Å²) in [6, 6.07) is 9.62. The molecule has 150 valence electrons. The lowest BCUT2D eigenvalue weighted by atomic mass is 9.90. The van der Waals surface area contributed by atoms with Crippen LogP contribution in [0.15, 0.2) is 42.7 Å². The molecular formula is C22H30N4O2. The van der Waals surface area contributed by atoms with Crippen LogP contribution in [0, 0.1) is 12.3 Å². The number of pyridine rings is 1. The Morgan fingerprint density at radius 3 is 2.39 bits per heavy atom. The summed E-state index contributed by atoms with van der Waals surface area (Å²) >= 11 is 0. The van der Waals surface area contributed by atoms with E-state index in [9.17, 15) is 9.59 Å². The van der Waals surface area contributed by atoms with Crippen LogP contribution in [-0.2, 0) is 16.1 Å². The van der Waals surface area contributed by atoms with Gasteiger partial charge in [-0.1, -0.05) is 6.07 Å². The predicted octanol–water partition coefficient (Wildman–Crippen LogP) is 3.52. The number of nitrogens with one attached hydrogen (secondary N) is 2. The normalized spacial score (nSPS) is 11.0. The van der Waals surface area contributed by atoms with Gasteiger partial charge in [0.15, 0.2) is 0 Å². The van der Waals surface area contributed by atoms with Crippen molar-refractivity contribution in [3.05, 3.63) is 53.9 Å². The van der Waals surface area contributed by atoms with Gasteiger partial charge in [0.2, 0.25) is 11.8 Å². The molecule has 0 bridgehead atoms. The zero-order chi connectivity index (χ0) is 20.7. The van der Waals surface area contributed by atoms with Crippen molar-refractivity contribution in [3.8, 4) is 0 Å². The molecule has 0 radical (unpaired) electrons. The third kappa shape index (κ3) is 5.09. The van der Waals surface area contributed by atoms with E-state index in [0.29, 0.717) is 12.2 Å². The fourth-order valence-electron chi connectivity index (χ4n) is 2.86. The van der Waals surface area contributed by atoms with Crippen LogP contribution in [0.2, 0.25) is 0 Å². The van der Waals surface area contributed by atoms with Crippen LogP contribution in [0.5, 0.6) is 0 Å². The molecule has 0 saturated carbocycles. The van der Waals surface area contributed by atoms with E-state index in [0.717, 1.165) is 29.9 Å². The number of hydrogen-bond acceptors (Lipinski definition) is 4. The van der Waals surface area contributed by atoms with Crippen molar-refractivity contribution in [1.82, 2.24) is 10.3 Å². The van der Waals surface area contributed by atoms with E-state index >= 15 is 0 Å². The number of carbonyl (C=O) groups excluding carboxylic acids is 2. The summed E-state index contributed by atoms with van der Waals surface area (Å²) < 4.78 is 0. The molecule has 0 unspecified atom stereocenters. The lowest BCUT2D eigenvalue weighted by molar-refractivity contribution is -0.138. The second-order valence-electron chi connectivity index (χ2n) is 7.29. The summed E-state index contributed by atoms with van der Waals surface area (Å²) in [5, 5.41) is 5.71. The highest BCUT2D eigenvalue weighted by molar-refractivity contribution is 6.10. The molecule has 2 N–H and O–H groups in total. The molecule has 6 nitrogen and oxygen atoms in total. The Labute approximate surface area is 167 Å². The molecule has 0 aliphatic heterocycles. The van der Waals surface area contributed by atoms with Gasteiger partial charge < -0.3 is 15.5 Å². The molecule has 1 aromatic heterocycles. The second kappa shape index (κ2) is 9.35. The largest absolute Gasteiger partial charge is 0.372 e. The topological polar surface area (TPSA) is 74.3 Å². The maximum atomic E-state index is 12.8. The minimum atomic E-state index is -1.20. The van der Waals surface area contributed by atoms with Gasteiger partial charge in [0.25, 0.3) is 0 Å². The summed E-state index contributed by atoms with van der Waals surface area (Å²) in [5.41, 5.74) is 2.48. The highest BCUT2D eigenvalue weighted by Crippen LogP contribution is 2.25. The molecule has 0 atom stereocenters. The number of hydrogen-bond donors (Lipinski definition) is 2. The highest BCUT2D eigenvalue weighted by atomic mass is 16.2. The molecule has 0 aliphatic carbocycles. The number of rotatable bonds is 8. The van der Waals surface area contributed by atoms with Gasteiger partial charge in [-0.3, -0.25) is 14.6 Å². The quantitative estimate of drug-likeness (QED) is 0.685. The predicted molar refractivity (Wildman–Crippen MR) is 113 cm³/mol. The maximum Gasteiger partial charge on any atom is 0.239 e. The van der Waals surface area contributed by atoms with Crippen molar-refractivity contribution in [1.29, 1.82) is 0 Å². The molecule has 1 aromatic carbocycles. The van der Waals surface area contributed by atoms with Crippen LogP contribution in [-0.4, -0.2) is 29.9 Å². The van der Waals surface area contributed by atoms with Gasteiger partial charge in [0, 0.05) is 43.4 Å². The molecular weight excluding hydrogens is 352 g/mol. The van der Waals surface area contributed by atoms with E-state index in [2.05, 4.69) is 40.4 Å². The monoisotopic (exact) mass is 382 g/mol. The van der Waals surface area contributed by atoms with Gasteiger partial charge in [-0.05, 0) is 70.0 Å². The van der Waals surface area contributed by atoms with Crippen LogP contribution in [0.4, 0.5) is 11.4 Å². The molecule has 0 saturated heterocycles. The fourth-order valence-corrected chi connectivity index (χ4v) is 2.86. The highest BCUT2D eigenvalue weighted by Gasteiger charge is 2.36. The lowest BCUT2D eigenvalue weighted by Gasteiger charge is -2.25. The Hall–Kier alpha value is -2.89. The zero-order valence-electron chi connectivity index (χ0n) is 17.4. The summed E-state index contributed by atoms with van der Waals surface area (Å²) in [6.45, 7) is 11.6. The van der Waals surface area contributed by atoms with Crippen LogP contribution in [0.3, 0.4) is 0 Å². The Kier molecular flexibility index (Phi) is 7.15. The van der Waals surface area contributed by atoms with E-state index in [1.165, 1.54) is 0 Å². The van der Waals surface area contributed by atoms with Gasteiger partial charge in [-0.2, -0.15) is 0 Å². The first-order valence-electron chi connectivity index (χ1n) is 9.63. The Balaban J connectivity index is 2.04. The average Bonchev–Trinajstić information content (AvgIpc) is 2.69. The third-order valence-electron chi connectivity index (χ3n) is 4.90. The van der Waals surface area contributed by atoms with Crippen LogP contribution < -0.4 is 15.5 Å². The third-order valence-corrected chi connectivity index (χ3v) is 4.90. The first-order valence-corrected chi connectivity index (χ1v) is 9.63. The Morgan fingerprint density at radius 1 is 1.11 bits per heavy atom. The van der Waals surface area contributed by atoms with Gasteiger partial charge >= 0.3 is 0 Å². The lowest BCUT2D eigenvalue weighted by Crippen LogP contribution is -2.45. The second-order valence-corrected chi connectivity index (χ2v) is 7.29. The van der Waals surface area contributed by atoms with E-state index in [1.807, 2.05) is 31.2 Å². The smallest absolute Gasteiger partial charge is 0.239 e. The Bertz CT molecular complexity index is 815. The van der Waals surface area contributed by atoms with Crippen molar-refractivity contribution in [2.45, 2.75) is 41.2 Å². The molecule has 2 aromatic rings. The van der Waals surface area contributed by atoms with E-state index in [1.54, 1.807) is 26.2 Å². The van der Waals surface area contributed by atoms with Crippen molar-refractivity contribution >= 4 is 23.2 Å². The maximum absolute atomic E-state index is 12.8. The number of aryl methyl sites for hydroxylation is 1. The number of amides is 2. The van der Waals surface area contributed by atoms with E-state index in [-0.39, 0.29) is 11.8 Å². The first kappa shape index (κ1) is 21.4. The minimum Gasteiger partial charge on any atom is -0.372 e. The van der Waals surface area contributed by atoms with Crippen molar-refractivity contribution in [2.75, 3.05) is 23.3 Å². The van der Waals surface area contributed by atoms with Crippen LogP contribution >= 0.6 is 0 Å². The Morgan fingerprint density at radius 2 is 1.82 bits per heavy atom. The molecule has 0 fully saturated rings. The number of benzene rings is 1. The molecule has 2 amide bonds. The summed E-state index contributed by atoms with van der Waals surface area (Å²) in [6.07, 6.45) is 3.37. The van der Waals surface area contributed by atoms with Crippen LogP contribution in [0.1, 0.15) is 38.8 Å². The minimum absolute atomic E-state index is 0.328. The first-order chi connectivity index (χ1) is 13.3. The standard InChI is InChI=1S/C22H30N4O2/c1-6-26(7-2)18-10-11-19(16(3)13-18)25-21(28)22(4,5)20(27)24-15-17-9-8-12-23-14-17/h8-14H,6-7,15H2,1-5H3,(H,24,27)(H,25,28). The number of aromatic nitrogens is 1. The van der Waals surface area contributed by atoms with Gasteiger partial charge in [-0.15, -0.1) is 0 Å². The van der Waals surface area contributed by atoms with Crippen molar-refractivity contribution in [3.63, 3.8) is 0 Å². The SMILES string of the molecule is CCN(CC)c1ccc(NC(=O)C(C)(C)C(=O)NCc2cccnc2)c(C)c1. The number of anilines is 2. The van der Waals surface area contributed by atoms with Gasteiger partial charge in [0.1, 0.15) is 5.41 Å². The summed E-state index contributed by atoms with van der Waals surface area (Å²) in [7, 11) is 0. The molecule has 0 spiro atoms. The number of carbonyl (C=O) groups is 2. The van der Waals surface area contributed by atoms with Crippen LogP contribution in [0.25, 0.3) is 0 Å². The fraction of sp³-hybridized carbons (Fsp3) is 0.409.